The van der Waals surface area contributed by atoms with Gasteiger partial charge in [-0.15, -0.1) is 0 Å². The zero-order chi connectivity index (χ0) is 24.6. The first-order valence-corrected chi connectivity index (χ1v) is 14.0. The predicted octanol–water partition coefficient (Wildman–Crippen LogP) is 3.54. The van der Waals surface area contributed by atoms with Crippen molar-refractivity contribution in [3.63, 3.8) is 0 Å². The molecular weight excluding hydrogens is 486 g/mol. The summed E-state index contributed by atoms with van der Waals surface area (Å²) in [7, 11) is -7.56. The Morgan fingerprint density at radius 2 is 1.54 bits per heavy atom. The number of nitrogens with zero attached hydrogens (tertiary/aromatic N) is 4. The Morgan fingerprint density at radius 1 is 0.857 bits per heavy atom. The number of anilines is 1. The van der Waals surface area contributed by atoms with E-state index in [0.717, 1.165) is 10.7 Å². The second-order valence-corrected chi connectivity index (χ2v) is 11.6. The predicted molar refractivity (Wildman–Crippen MR) is 134 cm³/mol. The number of fused-ring (bicyclic) bond motifs is 1. The topological polar surface area (TPSA) is 122 Å². The summed E-state index contributed by atoms with van der Waals surface area (Å²) in [5.41, 5.74) is 3.31. The molecule has 3 aromatic carbocycles. The van der Waals surface area contributed by atoms with Crippen LogP contribution in [0.2, 0.25) is 0 Å². The number of hydrogen-bond acceptors (Lipinski definition) is 7. The lowest BCUT2D eigenvalue weighted by Gasteiger charge is -2.23. The molecule has 0 aliphatic carbocycles. The van der Waals surface area contributed by atoms with Gasteiger partial charge in [-0.3, -0.25) is 14.7 Å². The number of hydrogen-bond donors (Lipinski definition) is 1. The van der Waals surface area contributed by atoms with E-state index in [1.165, 1.54) is 12.1 Å². The summed E-state index contributed by atoms with van der Waals surface area (Å²) in [5, 5.41) is 4.53. The van der Waals surface area contributed by atoms with Crippen molar-refractivity contribution in [1.82, 2.24) is 14.4 Å². The van der Waals surface area contributed by atoms with Gasteiger partial charge < -0.3 is 0 Å². The number of nitrogens with one attached hydrogen (secondary N) is 1. The lowest BCUT2D eigenvalue weighted by molar-refractivity contribution is 0.371. The van der Waals surface area contributed by atoms with Gasteiger partial charge in [0.1, 0.15) is 0 Å². The Hall–Kier alpha value is -3.83. The van der Waals surface area contributed by atoms with Crippen molar-refractivity contribution >= 4 is 42.5 Å². The number of benzene rings is 3. The molecule has 178 valence electrons. The van der Waals surface area contributed by atoms with Crippen LogP contribution in [0.1, 0.15) is 23.6 Å². The summed E-state index contributed by atoms with van der Waals surface area (Å²) in [4.78, 5) is 8.74. The summed E-state index contributed by atoms with van der Waals surface area (Å²) in [6, 6.07) is 19.6. The Labute approximate surface area is 203 Å². The largest absolute Gasteiger partial charge is 0.283 e. The molecule has 0 unspecified atom stereocenters. The van der Waals surface area contributed by atoms with Gasteiger partial charge in [-0.2, -0.15) is 17.9 Å². The van der Waals surface area contributed by atoms with Crippen LogP contribution in [0.5, 0.6) is 0 Å². The van der Waals surface area contributed by atoms with Gasteiger partial charge >= 0.3 is 0 Å². The van der Waals surface area contributed by atoms with E-state index in [0.29, 0.717) is 33.6 Å². The second kappa shape index (κ2) is 8.75. The molecule has 11 heteroatoms. The fourth-order valence-corrected chi connectivity index (χ4v) is 6.06. The number of rotatable bonds is 6. The summed E-state index contributed by atoms with van der Waals surface area (Å²) in [6.07, 6.45) is 4.47. The van der Waals surface area contributed by atoms with Crippen molar-refractivity contribution < 1.29 is 16.8 Å². The molecule has 35 heavy (non-hydrogen) atoms. The number of sulfonamides is 2. The minimum Gasteiger partial charge on any atom is -0.283 e. The van der Waals surface area contributed by atoms with E-state index in [1.54, 1.807) is 67.0 Å². The lowest BCUT2D eigenvalue weighted by atomic mass is 9.98. The SMILES string of the molecule is CS(=O)(=O)Nc1ccccc1C1=NN(S(=O)(=O)c2ccccc2)[C@@H](c2ccc3nccnc3c2)C1. The van der Waals surface area contributed by atoms with E-state index in [9.17, 15) is 16.8 Å². The van der Waals surface area contributed by atoms with Crippen LogP contribution in [0.25, 0.3) is 11.0 Å². The van der Waals surface area contributed by atoms with Crippen LogP contribution in [-0.2, 0) is 20.0 Å². The molecule has 0 bridgehead atoms. The van der Waals surface area contributed by atoms with Gasteiger partial charge in [0.15, 0.2) is 0 Å². The molecule has 0 saturated carbocycles. The molecule has 9 nitrogen and oxygen atoms in total. The average Bonchev–Trinajstić information content (AvgIpc) is 3.30. The van der Waals surface area contributed by atoms with Crippen molar-refractivity contribution in [3.05, 3.63) is 96.3 Å². The monoisotopic (exact) mass is 507 g/mol. The molecule has 0 spiro atoms. The maximum absolute atomic E-state index is 13.7. The van der Waals surface area contributed by atoms with Crippen LogP contribution in [0.4, 0.5) is 5.69 Å². The summed E-state index contributed by atoms with van der Waals surface area (Å²) >= 11 is 0. The van der Waals surface area contributed by atoms with Gasteiger partial charge in [-0.1, -0.05) is 42.5 Å². The molecule has 1 aliphatic rings. The van der Waals surface area contributed by atoms with Crippen LogP contribution >= 0.6 is 0 Å². The fourth-order valence-electron chi connectivity index (χ4n) is 4.03. The van der Waals surface area contributed by atoms with Crippen LogP contribution in [0.15, 0.2) is 95.2 Å². The third-order valence-corrected chi connectivity index (χ3v) is 7.86. The highest BCUT2D eigenvalue weighted by molar-refractivity contribution is 7.92. The molecule has 0 saturated heterocycles. The van der Waals surface area contributed by atoms with Gasteiger partial charge in [0.25, 0.3) is 10.0 Å². The first-order valence-electron chi connectivity index (χ1n) is 10.7. The lowest BCUT2D eigenvalue weighted by Crippen LogP contribution is -2.27. The smallest absolute Gasteiger partial charge is 0.279 e. The van der Waals surface area contributed by atoms with Crippen LogP contribution < -0.4 is 4.72 Å². The molecule has 4 aromatic rings. The standard InChI is InChI=1S/C24H21N5O4S2/c1-34(30,31)28-20-10-6-5-9-19(20)22-16-24(17-11-12-21-23(15-17)26-14-13-25-21)29(27-22)35(32,33)18-7-3-2-4-8-18/h2-15,24,28H,16H2,1H3/t24-/m1/s1. The molecule has 0 radical (unpaired) electrons. The van der Waals surface area contributed by atoms with Gasteiger partial charge in [-0.25, -0.2) is 8.42 Å². The number of aromatic nitrogens is 2. The average molecular weight is 508 g/mol. The Kier molecular flexibility index (Phi) is 5.73. The Morgan fingerprint density at radius 3 is 2.29 bits per heavy atom. The highest BCUT2D eigenvalue weighted by Gasteiger charge is 2.38. The normalized spacial score (nSPS) is 16.3. The second-order valence-electron chi connectivity index (χ2n) is 8.08. The third-order valence-electron chi connectivity index (χ3n) is 5.57. The van der Waals surface area contributed by atoms with Crippen molar-refractivity contribution in [1.29, 1.82) is 0 Å². The molecule has 5 rings (SSSR count). The van der Waals surface area contributed by atoms with Gasteiger partial charge in [0.2, 0.25) is 10.0 Å². The van der Waals surface area contributed by atoms with E-state index >= 15 is 0 Å². The molecule has 1 atom stereocenters. The van der Waals surface area contributed by atoms with Crippen molar-refractivity contribution in [2.45, 2.75) is 17.4 Å². The fraction of sp³-hybridized carbons (Fsp3) is 0.125. The molecular formula is C24H21N5O4S2. The van der Waals surface area contributed by atoms with Gasteiger partial charge in [0, 0.05) is 24.4 Å². The van der Waals surface area contributed by atoms with Crippen molar-refractivity contribution in [3.8, 4) is 0 Å². The van der Waals surface area contributed by atoms with E-state index in [1.807, 2.05) is 6.07 Å². The number of para-hydroxylation sites is 1. The molecule has 1 N–H and O–H groups in total. The maximum Gasteiger partial charge on any atom is 0.279 e. The quantitative estimate of drug-likeness (QED) is 0.426. The highest BCUT2D eigenvalue weighted by Crippen LogP contribution is 2.38. The van der Waals surface area contributed by atoms with E-state index in [-0.39, 0.29) is 11.3 Å². The minimum absolute atomic E-state index is 0.109. The summed E-state index contributed by atoms with van der Waals surface area (Å²) in [6.45, 7) is 0. The maximum atomic E-state index is 13.7. The Bertz CT molecular complexity index is 1660. The van der Waals surface area contributed by atoms with Crippen molar-refractivity contribution in [2.24, 2.45) is 5.10 Å². The first kappa shape index (κ1) is 22.9. The zero-order valence-corrected chi connectivity index (χ0v) is 20.2. The van der Waals surface area contributed by atoms with E-state index in [2.05, 4.69) is 19.8 Å². The molecule has 0 amide bonds. The summed E-state index contributed by atoms with van der Waals surface area (Å²) < 4.78 is 54.7. The van der Waals surface area contributed by atoms with E-state index in [4.69, 9.17) is 0 Å². The summed E-state index contributed by atoms with van der Waals surface area (Å²) in [5.74, 6) is 0. The van der Waals surface area contributed by atoms with Crippen LogP contribution in [-0.4, -0.2) is 43.2 Å². The first-order chi connectivity index (χ1) is 16.7. The molecule has 0 fully saturated rings. The molecule has 1 aromatic heterocycles. The Balaban J connectivity index is 1.64. The highest BCUT2D eigenvalue weighted by atomic mass is 32.2. The number of hydrazone groups is 1. The molecule has 1 aliphatic heterocycles. The van der Waals surface area contributed by atoms with Crippen LogP contribution in [0.3, 0.4) is 0 Å². The molecule has 2 heterocycles. The van der Waals surface area contributed by atoms with E-state index < -0.39 is 26.1 Å². The third kappa shape index (κ3) is 4.60. The zero-order valence-electron chi connectivity index (χ0n) is 18.6. The minimum atomic E-state index is -4.01. The van der Waals surface area contributed by atoms with Crippen LogP contribution in [0, 0.1) is 0 Å². The van der Waals surface area contributed by atoms with Gasteiger partial charge in [-0.05, 0) is 35.9 Å². The van der Waals surface area contributed by atoms with Gasteiger partial charge in [0.05, 0.1) is 39.6 Å². The van der Waals surface area contributed by atoms with Crippen molar-refractivity contribution in [2.75, 3.05) is 11.0 Å².